The monoisotopic (exact) mass is 455 g/mol. The van der Waals surface area contributed by atoms with E-state index in [9.17, 15) is 4.79 Å². The molecule has 0 spiro atoms. The van der Waals surface area contributed by atoms with Crippen molar-refractivity contribution in [2.45, 2.75) is 45.7 Å². The van der Waals surface area contributed by atoms with Crippen molar-refractivity contribution in [2.24, 2.45) is 0 Å². The molecule has 1 atom stereocenters. The Morgan fingerprint density at radius 2 is 2.17 bits per heavy atom. The van der Waals surface area contributed by atoms with Crippen LogP contribution in [0.15, 0.2) is 24.4 Å². The summed E-state index contributed by atoms with van der Waals surface area (Å²) in [4.78, 5) is 20.1. The molecule has 4 rings (SSSR count). The molecule has 2 N–H and O–H groups in total. The summed E-state index contributed by atoms with van der Waals surface area (Å²) in [6.45, 7) is 7.90. The Bertz CT molecular complexity index is 979. The van der Waals surface area contributed by atoms with E-state index in [1.165, 1.54) is 11.3 Å². The number of carbonyl (C=O) groups is 1. The zero-order valence-electron chi connectivity index (χ0n) is 16.8. The van der Waals surface area contributed by atoms with Gasteiger partial charge in [-0.3, -0.25) is 4.79 Å². The molecule has 0 radical (unpaired) electrons. The van der Waals surface area contributed by atoms with Crippen molar-refractivity contribution in [3.8, 4) is 10.6 Å². The van der Waals surface area contributed by atoms with E-state index in [0.717, 1.165) is 34.6 Å². The van der Waals surface area contributed by atoms with Crippen LogP contribution in [0.3, 0.4) is 0 Å². The van der Waals surface area contributed by atoms with Gasteiger partial charge in [-0.25, -0.2) is 9.67 Å². The second kappa shape index (κ2) is 9.89. The third kappa shape index (κ3) is 4.91. The van der Waals surface area contributed by atoms with Gasteiger partial charge in [0.2, 0.25) is 0 Å². The molecule has 9 heteroatoms. The molecule has 1 aliphatic heterocycles. The van der Waals surface area contributed by atoms with Crippen LogP contribution in [0.25, 0.3) is 21.6 Å². The maximum absolute atomic E-state index is 13.0. The second-order valence-electron chi connectivity index (χ2n) is 7.39. The predicted octanol–water partition coefficient (Wildman–Crippen LogP) is 4.37. The maximum atomic E-state index is 13.0. The lowest BCUT2D eigenvalue weighted by atomic mass is 10.1. The first kappa shape index (κ1) is 23.6. The van der Waals surface area contributed by atoms with Gasteiger partial charge in [0.15, 0.2) is 5.65 Å². The predicted molar refractivity (Wildman–Crippen MR) is 124 cm³/mol. The fourth-order valence-corrected chi connectivity index (χ4v) is 4.35. The minimum Gasteiger partial charge on any atom is -0.350 e. The summed E-state index contributed by atoms with van der Waals surface area (Å²) < 4.78 is 1.88. The number of rotatable bonds is 5. The van der Waals surface area contributed by atoms with Gasteiger partial charge in [0.25, 0.3) is 5.91 Å². The van der Waals surface area contributed by atoms with Crippen LogP contribution in [0.2, 0.25) is 0 Å². The van der Waals surface area contributed by atoms with Gasteiger partial charge in [0, 0.05) is 23.5 Å². The Balaban J connectivity index is 0.00000150. The van der Waals surface area contributed by atoms with E-state index in [-0.39, 0.29) is 36.8 Å². The highest BCUT2D eigenvalue weighted by atomic mass is 35.5. The zero-order chi connectivity index (χ0) is 19.0. The highest BCUT2D eigenvalue weighted by Crippen LogP contribution is 2.30. The van der Waals surface area contributed by atoms with Crippen LogP contribution < -0.4 is 10.6 Å². The highest BCUT2D eigenvalue weighted by molar-refractivity contribution is 7.15. The van der Waals surface area contributed by atoms with E-state index < -0.39 is 0 Å². The van der Waals surface area contributed by atoms with Crippen molar-refractivity contribution in [1.82, 2.24) is 25.4 Å². The summed E-state index contributed by atoms with van der Waals surface area (Å²) in [6.07, 6.45) is 4.04. The molecule has 158 valence electrons. The van der Waals surface area contributed by atoms with Crippen LogP contribution >= 0.6 is 36.2 Å². The molecule has 1 saturated heterocycles. The average molecular weight is 456 g/mol. The fraction of sp³-hybridized carbons (Fsp3) is 0.450. The molecule has 1 fully saturated rings. The molecule has 6 nitrogen and oxygen atoms in total. The molecule has 1 unspecified atom stereocenters. The Hall–Kier alpha value is -1.67. The van der Waals surface area contributed by atoms with Gasteiger partial charge in [-0.15, -0.1) is 36.2 Å². The smallest absolute Gasteiger partial charge is 0.252 e. The minimum absolute atomic E-state index is 0. The zero-order valence-corrected chi connectivity index (χ0v) is 19.2. The van der Waals surface area contributed by atoms with Crippen molar-refractivity contribution < 1.29 is 4.79 Å². The molecule has 0 aromatic carbocycles. The van der Waals surface area contributed by atoms with Crippen LogP contribution in [0.5, 0.6) is 0 Å². The number of thiophene rings is 1. The van der Waals surface area contributed by atoms with Crippen LogP contribution in [0, 0.1) is 6.92 Å². The van der Waals surface area contributed by atoms with E-state index in [0.29, 0.717) is 18.2 Å². The molecule has 0 saturated carbocycles. The number of amides is 1. The number of nitrogens with one attached hydrogen (secondary N) is 2. The van der Waals surface area contributed by atoms with Crippen LogP contribution in [-0.2, 0) is 0 Å². The standard InChI is InChI=1S/C20H25N5OS.2ClH/c1-12(2)25-19-16(11-23-25)15(20(26)22-10-14-5-4-8-21-14)9-17(24-19)18-7-6-13(3)27-18;;/h6-7,9,11-12,14,21H,4-5,8,10H2,1-3H3,(H,22,26);2*1H. The maximum Gasteiger partial charge on any atom is 0.252 e. The van der Waals surface area contributed by atoms with Gasteiger partial charge >= 0.3 is 0 Å². The second-order valence-corrected chi connectivity index (χ2v) is 8.68. The Morgan fingerprint density at radius 1 is 1.38 bits per heavy atom. The molecule has 1 aliphatic rings. The lowest BCUT2D eigenvalue weighted by molar-refractivity contribution is 0.0952. The number of halogens is 2. The van der Waals surface area contributed by atoms with Gasteiger partial charge in [0.1, 0.15) is 0 Å². The summed E-state index contributed by atoms with van der Waals surface area (Å²) in [5, 5.41) is 11.8. The fourth-order valence-electron chi connectivity index (χ4n) is 3.52. The largest absolute Gasteiger partial charge is 0.350 e. The summed E-state index contributed by atoms with van der Waals surface area (Å²) in [6, 6.07) is 6.58. The van der Waals surface area contributed by atoms with E-state index in [2.05, 4.69) is 48.6 Å². The molecule has 3 aromatic rings. The first-order chi connectivity index (χ1) is 13.0. The minimum atomic E-state index is -0.0612. The summed E-state index contributed by atoms with van der Waals surface area (Å²) in [7, 11) is 0. The van der Waals surface area contributed by atoms with Crippen molar-refractivity contribution >= 4 is 53.1 Å². The SMILES string of the molecule is Cc1ccc(-c2cc(C(=O)NCC3CCCN3)c3cnn(C(C)C)c3n2)s1.Cl.Cl. The number of fused-ring (bicyclic) bond motifs is 1. The van der Waals surface area contributed by atoms with Gasteiger partial charge in [-0.2, -0.15) is 5.10 Å². The van der Waals surface area contributed by atoms with E-state index in [1.54, 1.807) is 17.5 Å². The summed E-state index contributed by atoms with van der Waals surface area (Å²) in [5.41, 5.74) is 2.23. The molecular weight excluding hydrogens is 429 g/mol. The summed E-state index contributed by atoms with van der Waals surface area (Å²) >= 11 is 1.69. The van der Waals surface area contributed by atoms with Gasteiger partial charge < -0.3 is 10.6 Å². The number of hydrogen-bond acceptors (Lipinski definition) is 5. The third-order valence-electron chi connectivity index (χ3n) is 4.96. The van der Waals surface area contributed by atoms with E-state index >= 15 is 0 Å². The first-order valence-electron chi connectivity index (χ1n) is 9.49. The number of nitrogens with zero attached hydrogens (tertiary/aromatic N) is 3. The van der Waals surface area contributed by atoms with Crippen molar-refractivity contribution in [2.75, 3.05) is 13.1 Å². The number of carbonyl (C=O) groups excluding carboxylic acids is 1. The normalized spacial score (nSPS) is 15.9. The lowest BCUT2D eigenvalue weighted by Gasteiger charge is -2.13. The Morgan fingerprint density at radius 3 is 2.79 bits per heavy atom. The molecule has 1 amide bonds. The van der Waals surface area contributed by atoms with Crippen molar-refractivity contribution in [3.05, 3.63) is 34.8 Å². The first-order valence-corrected chi connectivity index (χ1v) is 10.3. The third-order valence-corrected chi connectivity index (χ3v) is 5.99. The quantitative estimate of drug-likeness (QED) is 0.598. The molecule has 3 aromatic heterocycles. The highest BCUT2D eigenvalue weighted by Gasteiger charge is 2.20. The number of pyridine rings is 1. The molecular formula is C20H27Cl2N5OS. The van der Waals surface area contributed by atoms with Crippen LogP contribution in [-0.4, -0.2) is 39.8 Å². The average Bonchev–Trinajstić information content (AvgIpc) is 3.38. The van der Waals surface area contributed by atoms with Crippen LogP contribution in [0.4, 0.5) is 0 Å². The lowest BCUT2D eigenvalue weighted by Crippen LogP contribution is -2.37. The topological polar surface area (TPSA) is 71.8 Å². The van der Waals surface area contributed by atoms with Gasteiger partial charge in [-0.1, -0.05) is 0 Å². The van der Waals surface area contributed by atoms with Crippen LogP contribution in [0.1, 0.15) is 48.0 Å². The van der Waals surface area contributed by atoms with Gasteiger partial charge in [0.05, 0.1) is 27.7 Å². The Kier molecular flexibility index (Phi) is 8.05. The van der Waals surface area contributed by atoms with Crippen molar-refractivity contribution in [1.29, 1.82) is 0 Å². The van der Waals surface area contributed by atoms with Crippen molar-refractivity contribution in [3.63, 3.8) is 0 Å². The molecule has 0 aliphatic carbocycles. The Labute approximate surface area is 187 Å². The number of hydrogen-bond donors (Lipinski definition) is 2. The van der Waals surface area contributed by atoms with Gasteiger partial charge in [-0.05, 0) is 58.4 Å². The number of aromatic nitrogens is 3. The molecule has 0 bridgehead atoms. The van der Waals surface area contributed by atoms with E-state index in [4.69, 9.17) is 4.98 Å². The molecule has 4 heterocycles. The number of aryl methyl sites for hydroxylation is 1. The summed E-state index contributed by atoms with van der Waals surface area (Å²) in [5.74, 6) is -0.0612. The molecule has 29 heavy (non-hydrogen) atoms. The van der Waals surface area contributed by atoms with E-state index in [1.807, 2.05) is 10.7 Å².